The van der Waals surface area contributed by atoms with Crippen LogP contribution in [0.15, 0.2) is 82.8 Å². The summed E-state index contributed by atoms with van der Waals surface area (Å²) in [4.78, 5) is 2.40. The van der Waals surface area contributed by atoms with E-state index in [2.05, 4.69) is 9.93 Å². The van der Waals surface area contributed by atoms with Crippen molar-refractivity contribution in [3.05, 3.63) is 95.1 Å². The van der Waals surface area contributed by atoms with Gasteiger partial charge in [-0.15, -0.1) is 0 Å². The van der Waals surface area contributed by atoms with Crippen LogP contribution >= 0.6 is 0 Å². The molecule has 0 aliphatic carbocycles. The van der Waals surface area contributed by atoms with Crippen molar-refractivity contribution in [2.75, 3.05) is 0 Å². The van der Waals surface area contributed by atoms with Gasteiger partial charge >= 0.3 is 0 Å². The molecule has 0 aromatic heterocycles. The largest absolute Gasteiger partial charge is 0.489 e. The first-order chi connectivity index (χ1) is 13.4. The molecule has 5 nitrogen and oxygen atoms in total. The predicted octanol–water partition coefficient (Wildman–Crippen LogP) is 4.19. The molecule has 0 fully saturated rings. The molecule has 0 aliphatic rings. The lowest BCUT2D eigenvalue weighted by Crippen LogP contribution is -2.18. The van der Waals surface area contributed by atoms with Gasteiger partial charge in [0.2, 0.25) is 0 Å². The molecular weight excluding hydrogens is 372 g/mol. The SMILES string of the molecule is Cc1ccc(COc2cccc(C=NNS(=O)(=O)c3ccc(C)cc3)c2)cc1. The van der Waals surface area contributed by atoms with Crippen molar-refractivity contribution in [2.24, 2.45) is 5.10 Å². The number of benzene rings is 3. The molecule has 28 heavy (non-hydrogen) atoms. The second-order valence-electron chi connectivity index (χ2n) is 6.51. The second-order valence-corrected chi connectivity index (χ2v) is 8.17. The summed E-state index contributed by atoms with van der Waals surface area (Å²) < 4.78 is 30.3. The van der Waals surface area contributed by atoms with E-state index in [4.69, 9.17) is 4.74 Å². The first-order valence-corrected chi connectivity index (χ1v) is 10.3. The first kappa shape index (κ1) is 19.6. The molecule has 0 unspecified atom stereocenters. The van der Waals surface area contributed by atoms with Crippen molar-refractivity contribution >= 4 is 16.2 Å². The molecular formula is C22H22N2O3S. The molecule has 0 saturated heterocycles. The van der Waals surface area contributed by atoms with E-state index in [1.807, 2.05) is 56.3 Å². The number of hydrogen-bond acceptors (Lipinski definition) is 4. The number of sulfonamides is 1. The van der Waals surface area contributed by atoms with E-state index in [0.717, 1.165) is 16.7 Å². The van der Waals surface area contributed by atoms with E-state index in [-0.39, 0.29) is 4.90 Å². The fourth-order valence-corrected chi connectivity index (χ4v) is 3.27. The maximum absolute atomic E-state index is 12.2. The molecule has 3 aromatic carbocycles. The van der Waals surface area contributed by atoms with Crippen molar-refractivity contribution in [3.63, 3.8) is 0 Å². The van der Waals surface area contributed by atoms with E-state index >= 15 is 0 Å². The van der Waals surface area contributed by atoms with Gasteiger partial charge in [0.05, 0.1) is 11.1 Å². The third-order valence-corrected chi connectivity index (χ3v) is 5.34. The van der Waals surface area contributed by atoms with Crippen molar-refractivity contribution in [1.82, 2.24) is 4.83 Å². The van der Waals surface area contributed by atoms with Crippen LogP contribution < -0.4 is 9.57 Å². The monoisotopic (exact) mass is 394 g/mol. The first-order valence-electron chi connectivity index (χ1n) is 8.82. The quantitative estimate of drug-likeness (QED) is 0.482. The van der Waals surface area contributed by atoms with E-state index in [9.17, 15) is 8.42 Å². The highest BCUT2D eigenvalue weighted by Crippen LogP contribution is 2.15. The molecule has 0 aliphatic heterocycles. The molecule has 0 bridgehead atoms. The Hall–Kier alpha value is -3.12. The van der Waals surface area contributed by atoms with E-state index < -0.39 is 10.0 Å². The minimum absolute atomic E-state index is 0.172. The minimum Gasteiger partial charge on any atom is -0.489 e. The van der Waals surface area contributed by atoms with Gasteiger partial charge in [0.15, 0.2) is 0 Å². The maximum atomic E-state index is 12.2. The molecule has 3 rings (SSSR count). The van der Waals surface area contributed by atoms with Crippen LogP contribution in [0, 0.1) is 13.8 Å². The average Bonchev–Trinajstić information content (AvgIpc) is 2.68. The topological polar surface area (TPSA) is 67.8 Å². The summed E-state index contributed by atoms with van der Waals surface area (Å²) in [5.41, 5.74) is 4.00. The number of nitrogens with zero attached hydrogens (tertiary/aromatic N) is 1. The lowest BCUT2D eigenvalue weighted by molar-refractivity contribution is 0.306. The zero-order valence-electron chi connectivity index (χ0n) is 15.8. The van der Waals surface area contributed by atoms with Crippen LogP contribution in [0.3, 0.4) is 0 Å². The predicted molar refractivity (Wildman–Crippen MR) is 111 cm³/mol. The Morgan fingerprint density at radius 3 is 2.25 bits per heavy atom. The third-order valence-electron chi connectivity index (χ3n) is 4.10. The third kappa shape index (κ3) is 5.44. The van der Waals surface area contributed by atoms with Gasteiger partial charge in [0, 0.05) is 0 Å². The number of hydrogen-bond donors (Lipinski definition) is 1. The van der Waals surface area contributed by atoms with Crippen LogP contribution in [-0.2, 0) is 16.6 Å². The molecule has 0 spiro atoms. The summed E-state index contributed by atoms with van der Waals surface area (Å²) >= 11 is 0. The summed E-state index contributed by atoms with van der Waals surface area (Å²) in [5.74, 6) is 0.686. The maximum Gasteiger partial charge on any atom is 0.276 e. The van der Waals surface area contributed by atoms with Gasteiger partial charge in [0.25, 0.3) is 10.0 Å². The van der Waals surface area contributed by atoms with E-state index in [1.54, 1.807) is 30.3 Å². The average molecular weight is 394 g/mol. The van der Waals surface area contributed by atoms with E-state index in [0.29, 0.717) is 12.4 Å². The molecule has 0 radical (unpaired) electrons. The number of rotatable bonds is 7. The number of hydrazone groups is 1. The van der Waals surface area contributed by atoms with Gasteiger partial charge < -0.3 is 4.74 Å². The van der Waals surface area contributed by atoms with Gasteiger partial charge in [0.1, 0.15) is 12.4 Å². The molecule has 144 valence electrons. The van der Waals surface area contributed by atoms with Crippen molar-refractivity contribution < 1.29 is 13.2 Å². The van der Waals surface area contributed by atoms with Crippen molar-refractivity contribution in [1.29, 1.82) is 0 Å². The molecule has 0 saturated carbocycles. The summed E-state index contributed by atoms with van der Waals surface area (Å²) in [6, 6.07) is 22.0. The highest BCUT2D eigenvalue weighted by Gasteiger charge is 2.11. The molecule has 0 heterocycles. The molecule has 1 N–H and O–H groups in total. The zero-order chi connectivity index (χ0) is 20.0. The highest BCUT2D eigenvalue weighted by molar-refractivity contribution is 7.89. The highest BCUT2D eigenvalue weighted by atomic mass is 32.2. The molecule has 0 amide bonds. The summed E-state index contributed by atoms with van der Waals surface area (Å²) in [5, 5.41) is 3.86. The second kappa shape index (κ2) is 8.71. The van der Waals surface area contributed by atoms with Gasteiger partial charge in [-0.25, -0.2) is 4.83 Å². The minimum atomic E-state index is -3.69. The Bertz CT molecular complexity index is 1060. The Morgan fingerprint density at radius 2 is 1.57 bits per heavy atom. The number of ether oxygens (including phenoxy) is 1. The van der Waals surface area contributed by atoms with Crippen molar-refractivity contribution in [3.8, 4) is 5.75 Å². The number of nitrogens with one attached hydrogen (secondary N) is 1. The smallest absolute Gasteiger partial charge is 0.276 e. The normalized spacial score (nSPS) is 11.5. The Kier molecular flexibility index (Phi) is 6.11. The van der Waals surface area contributed by atoms with Crippen LogP contribution in [0.4, 0.5) is 0 Å². The molecule has 0 atom stereocenters. The zero-order valence-corrected chi connectivity index (χ0v) is 16.6. The van der Waals surface area contributed by atoms with Crippen LogP contribution in [0.25, 0.3) is 0 Å². The van der Waals surface area contributed by atoms with Gasteiger partial charge in [-0.3, -0.25) is 0 Å². The van der Waals surface area contributed by atoms with Crippen LogP contribution in [0.5, 0.6) is 5.75 Å². The fourth-order valence-electron chi connectivity index (χ4n) is 2.48. The fraction of sp³-hybridized carbons (Fsp3) is 0.136. The van der Waals surface area contributed by atoms with Crippen LogP contribution in [0.1, 0.15) is 22.3 Å². The Morgan fingerprint density at radius 1 is 0.929 bits per heavy atom. The molecule has 3 aromatic rings. The van der Waals surface area contributed by atoms with Crippen LogP contribution in [-0.4, -0.2) is 14.6 Å². The van der Waals surface area contributed by atoms with Gasteiger partial charge in [-0.1, -0.05) is 59.7 Å². The standard InChI is InChI=1S/C22H22N2O3S/c1-17-6-10-19(11-7-17)16-27-21-5-3-4-20(14-21)15-23-24-28(25,26)22-12-8-18(2)9-13-22/h3-15,24H,16H2,1-2H3. The Labute approximate surface area is 165 Å². The Balaban J connectivity index is 1.62. The van der Waals surface area contributed by atoms with Crippen LogP contribution in [0.2, 0.25) is 0 Å². The lowest BCUT2D eigenvalue weighted by atomic mass is 10.2. The van der Waals surface area contributed by atoms with Gasteiger partial charge in [-0.05, 0) is 49.2 Å². The van der Waals surface area contributed by atoms with Crippen molar-refractivity contribution in [2.45, 2.75) is 25.3 Å². The number of aryl methyl sites for hydroxylation is 2. The summed E-state index contributed by atoms with van der Waals surface area (Å²) in [7, 11) is -3.69. The molecule has 6 heteroatoms. The summed E-state index contributed by atoms with van der Waals surface area (Å²) in [6.45, 7) is 4.40. The lowest BCUT2D eigenvalue weighted by Gasteiger charge is -2.07. The van der Waals surface area contributed by atoms with Gasteiger partial charge in [-0.2, -0.15) is 13.5 Å². The summed E-state index contributed by atoms with van der Waals surface area (Å²) in [6.07, 6.45) is 1.45. The van der Waals surface area contributed by atoms with E-state index in [1.165, 1.54) is 11.8 Å².